The quantitative estimate of drug-likeness (QED) is 0.198. The van der Waals surface area contributed by atoms with Crippen LogP contribution < -0.4 is 0 Å². The van der Waals surface area contributed by atoms with E-state index in [1.807, 2.05) is 0 Å². The minimum atomic E-state index is 0.108. The molecule has 1 heterocycles. The summed E-state index contributed by atoms with van der Waals surface area (Å²) in [5, 5.41) is 2.30. The van der Waals surface area contributed by atoms with Gasteiger partial charge >= 0.3 is 0 Å². The Bertz CT molecular complexity index is 2260. The van der Waals surface area contributed by atoms with Crippen molar-refractivity contribution in [2.24, 2.45) is 0 Å². The van der Waals surface area contributed by atoms with Crippen molar-refractivity contribution in [1.29, 1.82) is 0 Å². The maximum absolute atomic E-state index is 6.74. The molecule has 1 heteroatoms. The van der Waals surface area contributed by atoms with E-state index in [4.69, 9.17) is 4.42 Å². The first kappa shape index (κ1) is 28.6. The SMILES string of the molecule is CC(C)(C)c1ccc(-c2ccc3oc4c(-c5ccc6c(c5)-c5ccccc5C6)cc(-c5ccc(C(C)(C)C)cc5)cc4c3c2)cc1. The van der Waals surface area contributed by atoms with Gasteiger partial charge < -0.3 is 4.42 Å². The number of fused-ring (bicyclic) bond motifs is 6. The fourth-order valence-corrected chi connectivity index (χ4v) is 7.06. The van der Waals surface area contributed by atoms with Gasteiger partial charge in [0.2, 0.25) is 0 Å². The molecule has 0 aliphatic heterocycles. The van der Waals surface area contributed by atoms with Gasteiger partial charge in [0.1, 0.15) is 11.2 Å². The summed E-state index contributed by atoms with van der Waals surface area (Å²) in [5.74, 6) is 0. The Labute approximate surface area is 272 Å². The summed E-state index contributed by atoms with van der Waals surface area (Å²) < 4.78 is 6.74. The lowest BCUT2D eigenvalue weighted by Gasteiger charge is -2.19. The van der Waals surface area contributed by atoms with Crippen LogP contribution in [-0.4, -0.2) is 0 Å². The molecule has 0 saturated carbocycles. The Morgan fingerprint density at radius 3 is 1.65 bits per heavy atom. The van der Waals surface area contributed by atoms with E-state index < -0.39 is 0 Å². The van der Waals surface area contributed by atoms with Crippen LogP contribution in [0.4, 0.5) is 0 Å². The van der Waals surface area contributed by atoms with Gasteiger partial charge in [0.25, 0.3) is 0 Å². The van der Waals surface area contributed by atoms with Gasteiger partial charge in [-0.05, 0) is 109 Å². The third-order valence-electron chi connectivity index (χ3n) is 9.85. The highest BCUT2D eigenvalue weighted by molar-refractivity contribution is 6.12. The second kappa shape index (κ2) is 10.3. The number of hydrogen-bond donors (Lipinski definition) is 0. The third kappa shape index (κ3) is 4.86. The van der Waals surface area contributed by atoms with Gasteiger partial charge in [0.15, 0.2) is 0 Å². The van der Waals surface area contributed by atoms with Gasteiger partial charge in [-0.15, -0.1) is 0 Å². The van der Waals surface area contributed by atoms with Crippen LogP contribution in [0.1, 0.15) is 63.8 Å². The van der Waals surface area contributed by atoms with E-state index in [9.17, 15) is 0 Å². The van der Waals surface area contributed by atoms with Crippen molar-refractivity contribution in [1.82, 2.24) is 0 Å². The predicted molar refractivity (Wildman–Crippen MR) is 196 cm³/mol. The van der Waals surface area contributed by atoms with Gasteiger partial charge in [-0.25, -0.2) is 0 Å². The van der Waals surface area contributed by atoms with Crippen molar-refractivity contribution in [2.75, 3.05) is 0 Å². The Balaban J connectivity index is 1.33. The molecule has 6 aromatic carbocycles. The van der Waals surface area contributed by atoms with Gasteiger partial charge in [-0.2, -0.15) is 0 Å². The monoisotopic (exact) mass is 596 g/mol. The third-order valence-corrected chi connectivity index (χ3v) is 9.85. The molecular weight excluding hydrogens is 556 g/mol. The van der Waals surface area contributed by atoms with Crippen LogP contribution in [0.15, 0.2) is 126 Å². The molecule has 0 unspecified atom stereocenters. The molecule has 226 valence electrons. The fraction of sp³-hybridized carbons (Fsp3) is 0.200. The molecule has 1 aliphatic rings. The molecule has 0 radical (unpaired) electrons. The number of hydrogen-bond acceptors (Lipinski definition) is 1. The highest BCUT2D eigenvalue weighted by Gasteiger charge is 2.22. The molecule has 0 saturated heterocycles. The number of furan rings is 1. The maximum Gasteiger partial charge on any atom is 0.143 e. The van der Waals surface area contributed by atoms with Crippen molar-refractivity contribution in [2.45, 2.75) is 58.8 Å². The van der Waals surface area contributed by atoms with Crippen molar-refractivity contribution < 1.29 is 4.42 Å². The largest absolute Gasteiger partial charge is 0.455 e. The van der Waals surface area contributed by atoms with Crippen LogP contribution in [-0.2, 0) is 17.3 Å². The molecule has 8 rings (SSSR count). The van der Waals surface area contributed by atoms with Crippen LogP contribution >= 0.6 is 0 Å². The summed E-state index contributed by atoms with van der Waals surface area (Å²) in [7, 11) is 0. The van der Waals surface area contributed by atoms with Gasteiger partial charge in [0.05, 0.1) is 0 Å². The van der Waals surface area contributed by atoms with Crippen LogP contribution in [0, 0.1) is 0 Å². The van der Waals surface area contributed by atoms with E-state index in [2.05, 4.69) is 163 Å². The Kier molecular flexibility index (Phi) is 6.41. The molecule has 46 heavy (non-hydrogen) atoms. The molecule has 0 fully saturated rings. The topological polar surface area (TPSA) is 13.1 Å². The molecule has 1 aromatic heterocycles. The predicted octanol–water partition coefficient (Wildman–Crippen LogP) is 12.8. The zero-order valence-electron chi connectivity index (χ0n) is 27.7. The second-order valence-electron chi connectivity index (χ2n) is 15.1. The molecule has 0 atom stereocenters. The average molecular weight is 597 g/mol. The van der Waals surface area contributed by atoms with E-state index in [1.165, 1.54) is 61.2 Å². The molecule has 0 amide bonds. The molecule has 1 aliphatic carbocycles. The Hall–Kier alpha value is -4.88. The molecule has 0 spiro atoms. The number of rotatable bonds is 3. The van der Waals surface area contributed by atoms with Crippen molar-refractivity contribution >= 4 is 21.9 Å². The molecule has 1 nitrogen and oxygen atoms in total. The van der Waals surface area contributed by atoms with Crippen LogP contribution in [0.3, 0.4) is 0 Å². The first-order valence-electron chi connectivity index (χ1n) is 16.5. The van der Waals surface area contributed by atoms with Crippen molar-refractivity contribution in [3.8, 4) is 44.5 Å². The zero-order chi connectivity index (χ0) is 31.8. The van der Waals surface area contributed by atoms with Gasteiger partial charge in [-0.3, -0.25) is 0 Å². The lowest BCUT2D eigenvalue weighted by molar-refractivity contribution is 0.590. The van der Waals surface area contributed by atoms with Crippen LogP contribution in [0.2, 0.25) is 0 Å². The van der Waals surface area contributed by atoms with Crippen LogP contribution in [0.5, 0.6) is 0 Å². The van der Waals surface area contributed by atoms with Gasteiger partial charge in [0, 0.05) is 16.3 Å². The summed E-state index contributed by atoms with van der Waals surface area (Å²) in [6.45, 7) is 13.6. The summed E-state index contributed by atoms with van der Waals surface area (Å²) in [4.78, 5) is 0. The van der Waals surface area contributed by atoms with E-state index in [-0.39, 0.29) is 10.8 Å². The summed E-state index contributed by atoms with van der Waals surface area (Å²) in [6.07, 6.45) is 0.992. The molecule has 0 bridgehead atoms. The smallest absolute Gasteiger partial charge is 0.143 e. The van der Waals surface area contributed by atoms with E-state index in [0.29, 0.717) is 0 Å². The minimum absolute atomic E-state index is 0.108. The molecule has 7 aromatic rings. The van der Waals surface area contributed by atoms with Crippen molar-refractivity contribution in [3.63, 3.8) is 0 Å². The highest BCUT2D eigenvalue weighted by atomic mass is 16.3. The maximum atomic E-state index is 6.74. The zero-order valence-corrected chi connectivity index (χ0v) is 27.7. The summed E-state index contributed by atoms with van der Waals surface area (Å²) in [6, 6.07) is 45.2. The average Bonchev–Trinajstić information content (AvgIpc) is 3.61. The standard InChI is InChI=1S/C45H40O/c1-44(2,3)35-18-13-28(14-19-35)30-17-22-42-40(24-30)41-27-34(29-15-20-36(21-16-29)45(4,5)6)26-39(43(41)46-42)33-12-11-32-23-31-9-7-8-10-37(31)38(32)25-33/h7-22,24-27H,23H2,1-6H3. The number of benzene rings is 6. The normalized spacial score (nSPS) is 12.9. The summed E-state index contributed by atoms with van der Waals surface area (Å²) >= 11 is 0. The van der Waals surface area contributed by atoms with E-state index >= 15 is 0 Å². The molecular formula is C45H40O. The Morgan fingerprint density at radius 1 is 0.435 bits per heavy atom. The van der Waals surface area contributed by atoms with Crippen LogP contribution in [0.25, 0.3) is 66.4 Å². The van der Waals surface area contributed by atoms with E-state index in [1.54, 1.807) is 0 Å². The van der Waals surface area contributed by atoms with E-state index in [0.717, 1.165) is 33.9 Å². The first-order chi connectivity index (χ1) is 22.0. The second-order valence-corrected chi connectivity index (χ2v) is 15.1. The lowest BCUT2D eigenvalue weighted by Crippen LogP contribution is -2.10. The fourth-order valence-electron chi connectivity index (χ4n) is 7.06. The minimum Gasteiger partial charge on any atom is -0.455 e. The van der Waals surface area contributed by atoms with Crippen molar-refractivity contribution in [3.05, 3.63) is 144 Å². The first-order valence-corrected chi connectivity index (χ1v) is 16.5. The lowest BCUT2D eigenvalue weighted by atomic mass is 9.86. The highest BCUT2D eigenvalue weighted by Crippen LogP contribution is 2.44. The summed E-state index contributed by atoms with van der Waals surface area (Å²) in [5.41, 5.74) is 17.4. The Morgan fingerprint density at radius 2 is 0.978 bits per heavy atom. The molecule has 0 N–H and O–H groups in total. The van der Waals surface area contributed by atoms with Gasteiger partial charge in [-0.1, -0.05) is 133 Å².